The molecule has 0 amide bonds. The third kappa shape index (κ3) is 3.14. The van der Waals surface area contributed by atoms with Gasteiger partial charge in [0, 0.05) is 5.75 Å². The first-order valence-corrected chi connectivity index (χ1v) is 4.76. The Balaban J connectivity index is 2.58. The van der Waals surface area contributed by atoms with Gasteiger partial charge >= 0.3 is 0 Å². The summed E-state index contributed by atoms with van der Waals surface area (Å²) in [5.74, 6) is 0.832. The Morgan fingerprint density at radius 1 is 1.33 bits per heavy atom. The van der Waals surface area contributed by atoms with Crippen molar-refractivity contribution in [3.8, 4) is 0 Å². The number of rotatable bonds is 3. The minimum absolute atomic E-state index is 0.832. The lowest BCUT2D eigenvalue weighted by atomic mass is 10.1. The van der Waals surface area contributed by atoms with E-state index < -0.39 is 0 Å². The van der Waals surface area contributed by atoms with Gasteiger partial charge in [-0.2, -0.15) is 12.6 Å². The number of thiol groups is 1. The van der Waals surface area contributed by atoms with Gasteiger partial charge in [-0.1, -0.05) is 42.0 Å². The fourth-order valence-corrected chi connectivity index (χ4v) is 1.46. The fourth-order valence-electron chi connectivity index (χ4n) is 1.15. The van der Waals surface area contributed by atoms with Crippen LogP contribution in [0.4, 0.5) is 0 Å². The maximum absolute atomic E-state index is 4.15. The lowest BCUT2D eigenvalue weighted by Crippen LogP contribution is -1.86. The van der Waals surface area contributed by atoms with Crippen LogP contribution in [-0.2, 0) is 6.42 Å². The van der Waals surface area contributed by atoms with Crippen molar-refractivity contribution in [3.05, 3.63) is 47.5 Å². The van der Waals surface area contributed by atoms with Crippen LogP contribution in [0.3, 0.4) is 0 Å². The molecule has 0 atom stereocenters. The molecule has 0 unspecified atom stereocenters. The molecular weight excluding hydrogens is 164 g/mol. The molecular formula is C11H14S. The lowest BCUT2D eigenvalue weighted by Gasteiger charge is -2.00. The topological polar surface area (TPSA) is 0 Å². The summed E-state index contributed by atoms with van der Waals surface area (Å²) in [4.78, 5) is 0. The first-order chi connectivity index (χ1) is 5.83. The molecule has 64 valence electrons. The summed E-state index contributed by atoms with van der Waals surface area (Å²) in [5.41, 5.74) is 2.75. The van der Waals surface area contributed by atoms with Gasteiger partial charge in [0.05, 0.1) is 0 Å². The zero-order valence-electron chi connectivity index (χ0n) is 7.33. The van der Waals surface area contributed by atoms with Crippen molar-refractivity contribution < 1.29 is 0 Å². The molecule has 1 heteroatoms. The Bertz CT molecular complexity index is 249. The number of hydrogen-bond donors (Lipinski definition) is 1. The molecule has 0 bridgehead atoms. The van der Waals surface area contributed by atoms with E-state index in [0.29, 0.717) is 0 Å². The highest BCUT2D eigenvalue weighted by molar-refractivity contribution is 7.80. The molecule has 0 saturated heterocycles. The molecule has 0 heterocycles. The van der Waals surface area contributed by atoms with Crippen LogP contribution in [0.15, 0.2) is 42.0 Å². The summed E-state index contributed by atoms with van der Waals surface area (Å²) in [6.07, 6.45) is 3.19. The average Bonchev–Trinajstić information content (AvgIpc) is 2.06. The van der Waals surface area contributed by atoms with Gasteiger partial charge in [0.25, 0.3) is 0 Å². The second-order valence-corrected chi connectivity index (χ2v) is 3.26. The third-order valence-corrected chi connectivity index (χ3v) is 1.95. The number of allylic oxidation sites excluding steroid dienone is 1. The SMILES string of the molecule is CC(=CCS)Cc1ccccc1. The van der Waals surface area contributed by atoms with E-state index in [9.17, 15) is 0 Å². The van der Waals surface area contributed by atoms with Gasteiger partial charge in [-0.05, 0) is 18.9 Å². The van der Waals surface area contributed by atoms with E-state index in [4.69, 9.17) is 0 Å². The molecule has 0 nitrogen and oxygen atoms in total. The maximum Gasteiger partial charge on any atom is 0.00852 e. The van der Waals surface area contributed by atoms with Crippen LogP contribution in [0.25, 0.3) is 0 Å². The summed E-state index contributed by atoms with van der Waals surface area (Å²) in [6.45, 7) is 2.14. The van der Waals surface area contributed by atoms with Gasteiger partial charge in [-0.25, -0.2) is 0 Å². The summed E-state index contributed by atoms with van der Waals surface area (Å²) in [5, 5.41) is 0. The predicted octanol–water partition coefficient (Wildman–Crippen LogP) is 3.11. The minimum Gasteiger partial charge on any atom is -0.175 e. The van der Waals surface area contributed by atoms with E-state index in [2.05, 4.69) is 49.9 Å². The molecule has 0 fully saturated rings. The zero-order chi connectivity index (χ0) is 8.81. The predicted molar refractivity (Wildman–Crippen MR) is 57.8 cm³/mol. The Morgan fingerprint density at radius 2 is 2.00 bits per heavy atom. The van der Waals surface area contributed by atoms with Gasteiger partial charge in [0.2, 0.25) is 0 Å². The molecule has 1 aromatic rings. The Labute approximate surface area is 79.7 Å². The third-order valence-electron chi connectivity index (χ3n) is 1.77. The highest BCUT2D eigenvalue weighted by Crippen LogP contribution is 2.06. The van der Waals surface area contributed by atoms with Gasteiger partial charge < -0.3 is 0 Å². The minimum atomic E-state index is 0.832. The van der Waals surface area contributed by atoms with E-state index in [1.807, 2.05) is 6.07 Å². The van der Waals surface area contributed by atoms with Crippen LogP contribution in [0, 0.1) is 0 Å². The van der Waals surface area contributed by atoms with E-state index in [1.165, 1.54) is 11.1 Å². The van der Waals surface area contributed by atoms with Crippen molar-refractivity contribution >= 4 is 12.6 Å². The van der Waals surface area contributed by atoms with Crippen molar-refractivity contribution in [2.75, 3.05) is 5.75 Å². The molecule has 12 heavy (non-hydrogen) atoms. The molecule has 0 N–H and O–H groups in total. The van der Waals surface area contributed by atoms with Crippen molar-refractivity contribution in [1.82, 2.24) is 0 Å². The van der Waals surface area contributed by atoms with Crippen LogP contribution in [-0.4, -0.2) is 5.75 Å². The molecule has 0 aromatic heterocycles. The van der Waals surface area contributed by atoms with Crippen molar-refractivity contribution in [3.63, 3.8) is 0 Å². The zero-order valence-corrected chi connectivity index (χ0v) is 8.22. The van der Waals surface area contributed by atoms with Crippen molar-refractivity contribution in [2.24, 2.45) is 0 Å². The standard InChI is InChI=1S/C11H14S/c1-10(7-8-12)9-11-5-3-2-4-6-11/h2-7,12H,8-9H2,1H3. The number of hydrogen-bond acceptors (Lipinski definition) is 1. The summed E-state index contributed by atoms with van der Waals surface area (Å²) >= 11 is 4.15. The van der Waals surface area contributed by atoms with Crippen LogP contribution in [0.2, 0.25) is 0 Å². The molecule has 0 radical (unpaired) electrons. The van der Waals surface area contributed by atoms with Gasteiger partial charge in [-0.15, -0.1) is 0 Å². The second-order valence-electron chi connectivity index (χ2n) is 2.90. The van der Waals surface area contributed by atoms with E-state index in [0.717, 1.165) is 12.2 Å². The smallest absolute Gasteiger partial charge is 0.00852 e. The quantitative estimate of drug-likeness (QED) is 0.533. The van der Waals surface area contributed by atoms with Crippen LogP contribution in [0.1, 0.15) is 12.5 Å². The van der Waals surface area contributed by atoms with Crippen molar-refractivity contribution in [1.29, 1.82) is 0 Å². The largest absolute Gasteiger partial charge is 0.175 e. The Hall–Kier alpha value is -0.690. The molecule has 0 aliphatic heterocycles. The highest BCUT2D eigenvalue weighted by atomic mass is 32.1. The molecule has 0 aliphatic rings. The van der Waals surface area contributed by atoms with Gasteiger partial charge in [0.15, 0.2) is 0 Å². The van der Waals surface area contributed by atoms with Gasteiger partial charge in [0.1, 0.15) is 0 Å². The van der Waals surface area contributed by atoms with E-state index >= 15 is 0 Å². The van der Waals surface area contributed by atoms with Crippen LogP contribution >= 0.6 is 12.6 Å². The summed E-state index contributed by atoms with van der Waals surface area (Å²) < 4.78 is 0. The molecule has 0 aliphatic carbocycles. The molecule has 0 spiro atoms. The average molecular weight is 178 g/mol. The second kappa shape index (κ2) is 5.04. The molecule has 1 aromatic carbocycles. The lowest BCUT2D eigenvalue weighted by molar-refractivity contribution is 1.14. The van der Waals surface area contributed by atoms with E-state index in [-0.39, 0.29) is 0 Å². The summed E-state index contributed by atoms with van der Waals surface area (Å²) in [7, 11) is 0. The first-order valence-electron chi connectivity index (χ1n) is 4.13. The Morgan fingerprint density at radius 3 is 2.58 bits per heavy atom. The molecule has 1 rings (SSSR count). The highest BCUT2D eigenvalue weighted by Gasteiger charge is 1.91. The van der Waals surface area contributed by atoms with Crippen LogP contribution < -0.4 is 0 Å². The van der Waals surface area contributed by atoms with Gasteiger partial charge in [-0.3, -0.25) is 0 Å². The number of benzene rings is 1. The fraction of sp³-hybridized carbons (Fsp3) is 0.273. The summed E-state index contributed by atoms with van der Waals surface area (Å²) in [6, 6.07) is 10.5. The Kier molecular flexibility index (Phi) is 3.95. The normalized spacial score (nSPS) is 11.7. The molecule has 0 saturated carbocycles. The van der Waals surface area contributed by atoms with E-state index in [1.54, 1.807) is 0 Å². The monoisotopic (exact) mass is 178 g/mol. The van der Waals surface area contributed by atoms with Crippen molar-refractivity contribution in [2.45, 2.75) is 13.3 Å². The maximum atomic E-state index is 4.15. The van der Waals surface area contributed by atoms with Crippen LogP contribution in [0.5, 0.6) is 0 Å². The first kappa shape index (κ1) is 9.40.